The first-order valence-corrected chi connectivity index (χ1v) is 7.00. The Morgan fingerprint density at radius 1 is 1.47 bits per heavy atom. The van der Waals surface area contributed by atoms with E-state index in [4.69, 9.17) is 10.2 Å². The Morgan fingerprint density at radius 2 is 2.24 bits per heavy atom. The van der Waals surface area contributed by atoms with Gasteiger partial charge in [-0.25, -0.2) is 0 Å². The summed E-state index contributed by atoms with van der Waals surface area (Å²) in [4.78, 5) is 23.5. The van der Waals surface area contributed by atoms with Gasteiger partial charge in [-0.3, -0.25) is 9.59 Å². The van der Waals surface area contributed by atoms with E-state index in [1.54, 1.807) is 4.90 Å². The molecule has 1 rings (SSSR count). The Kier molecular flexibility index (Phi) is 6.36. The Balaban J connectivity index is 2.09. The number of rotatable bonds is 8. The summed E-state index contributed by atoms with van der Waals surface area (Å²) in [6.45, 7) is 0.719. The number of hydrogen-bond acceptors (Lipinski definition) is 4. The quantitative estimate of drug-likeness (QED) is 0.625. The van der Waals surface area contributed by atoms with Crippen molar-refractivity contribution in [2.75, 3.05) is 24.7 Å². The molecule has 0 aromatic heterocycles. The maximum atomic E-state index is 11.5. The van der Waals surface area contributed by atoms with Crippen molar-refractivity contribution < 1.29 is 19.8 Å². The molecular formula is C11H19NO4S. The molecule has 1 atom stereocenters. The Hall–Kier alpha value is -0.750. The average molecular weight is 261 g/mol. The van der Waals surface area contributed by atoms with Crippen LogP contribution in [-0.4, -0.2) is 57.7 Å². The van der Waals surface area contributed by atoms with Gasteiger partial charge in [0.15, 0.2) is 0 Å². The number of aliphatic hydroxyl groups excluding tert-OH is 1. The van der Waals surface area contributed by atoms with E-state index in [0.29, 0.717) is 13.0 Å². The highest BCUT2D eigenvalue weighted by molar-refractivity contribution is 7.99. The number of carboxylic acids is 1. The Labute approximate surface area is 105 Å². The fourth-order valence-electron chi connectivity index (χ4n) is 1.94. The van der Waals surface area contributed by atoms with E-state index in [1.807, 2.05) is 0 Å². The normalized spacial score (nSPS) is 19.9. The van der Waals surface area contributed by atoms with Gasteiger partial charge in [-0.1, -0.05) is 0 Å². The van der Waals surface area contributed by atoms with Crippen LogP contribution in [0.4, 0.5) is 0 Å². The molecule has 0 aliphatic carbocycles. The summed E-state index contributed by atoms with van der Waals surface area (Å²) in [5.41, 5.74) is 0. The predicted octanol–water partition coefficient (Wildman–Crippen LogP) is 0.568. The molecule has 1 unspecified atom stereocenters. The number of carboxylic acid groups (broad SMARTS) is 1. The number of aliphatic hydroxyl groups is 1. The van der Waals surface area contributed by atoms with Crippen molar-refractivity contribution in [1.29, 1.82) is 0 Å². The van der Waals surface area contributed by atoms with Crippen LogP contribution in [0.2, 0.25) is 0 Å². The van der Waals surface area contributed by atoms with Crippen LogP contribution in [0, 0.1) is 0 Å². The fraction of sp³-hybridized carbons (Fsp3) is 0.818. The minimum Gasteiger partial charge on any atom is -0.481 e. The van der Waals surface area contributed by atoms with Crippen molar-refractivity contribution in [3.05, 3.63) is 0 Å². The fourth-order valence-corrected chi connectivity index (χ4v) is 2.66. The Bertz CT molecular complexity index is 272. The highest BCUT2D eigenvalue weighted by Gasteiger charge is 2.29. The smallest absolute Gasteiger partial charge is 0.313 e. The highest BCUT2D eigenvalue weighted by Crippen LogP contribution is 2.19. The van der Waals surface area contributed by atoms with Crippen LogP contribution in [-0.2, 0) is 9.59 Å². The molecule has 0 radical (unpaired) electrons. The zero-order valence-corrected chi connectivity index (χ0v) is 10.6. The van der Waals surface area contributed by atoms with Crippen LogP contribution >= 0.6 is 11.8 Å². The van der Waals surface area contributed by atoms with Gasteiger partial charge >= 0.3 is 5.97 Å². The van der Waals surface area contributed by atoms with Gasteiger partial charge in [0.05, 0.1) is 18.4 Å². The molecule has 0 aromatic carbocycles. The SMILES string of the molecule is O=C(O)CSCCCCN1C(=O)CCC1CO. The summed E-state index contributed by atoms with van der Waals surface area (Å²) in [7, 11) is 0. The zero-order chi connectivity index (χ0) is 12.7. The van der Waals surface area contributed by atoms with Gasteiger partial charge in [0.2, 0.25) is 5.91 Å². The molecule has 1 saturated heterocycles. The van der Waals surface area contributed by atoms with Gasteiger partial charge in [0, 0.05) is 13.0 Å². The second-order valence-corrected chi connectivity index (χ2v) is 5.22. The predicted molar refractivity (Wildman–Crippen MR) is 66.0 cm³/mol. The highest BCUT2D eigenvalue weighted by atomic mass is 32.2. The molecule has 1 aliphatic heterocycles. The van der Waals surface area contributed by atoms with E-state index in [2.05, 4.69) is 0 Å². The number of carbonyl (C=O) groups excluding carboxylic acids is 1. The summed E-state index contributed by atoms with van der Waals surface area (Å²) in [6, 6.07) is -0.00540. The summed E-state index contributed by atoms with van der Waals surface area (Å²) < 4.78 is 0. The van der Waals surface area contributed by atoms with E-state index in [0.717, 1.165) is 25.0 Å². The molecule has 17 heavy (non-hydrogen) atoms. The van der Waals surface area contributed by atoms with E-state index in [-0.39, 0.29) is 24.3 Å². The van der Waals surface area contributed by atoms with Crippen LogP contribution in [0.25, 0.3) is 0 Å². The maximum absolute atomic E-state index is 11.5. The number of hydrogen-bond donors (Lipinski definition) is 2. The van der Waals surface area contributed by atoms with Crippen molar-refractivity contribution in [2.45, 2.75) is 31.7 Å². The third-order valence-electron chi connectivity index (χ3n) is 2.83. The molecule has 0 bridgehead atoms. The van der Waals surface area contributed by atoms with Crippen LogP contribution in [0.3, 0.4) is 0 Å². The summed E-state index contributed by atoms with van der Waals surface area (Å²) in [6.07, 6.45) is 3.07. The summed E-state index contributed by atoms with van der Waals surface area (Å²) >= 11 is 1.40. The lowest BCUT2D eigenvalue weighted by atomic mass is 10.2. The minimum absolute atomic E-state index is 0.00540. The summed E-state index contributed by atoms with van der Waals surface area (Å²) in [5, 5.41) is 17.5. The van der Waals surface area contributed by atoms with Gasteiger partial charge in [-0.05, 0) is 25.0 Å². The van der Waals surface area contributed by atoms with E-state index in [1.165, 1.54) is 11.8 Å². The largest absolute Gasteiger partial charge is 0.481 e. The maximum Gasteiger partial charge on any atom is 0.313 e. The van der Waals surface area contributed by atoms with Gasteiger partial charge in [-0.15, -0.1) is 0 Å². The molecule has 1 aliphatic rings. The molecule has 98 valence electrons. The number of thioether (sulfide) groups is 1. The van der Waals surface area contributed by atoms with Crippen LogP contribution in [0.1, 0.15) is 25.7 Å². The lowest BCUT2D eigenvalue weighted by molar-refractivity contribution is -0.134. The number of likely N-dealkylation sites (tertiary alicyclic amines) is 1. The van der Waals surface area contributed by atoms with Gasteiger partial charge < -0.3 is 15.1 Å². The van der Waals surface area contributed by atoms with E-state index >= 15 is 0 Å². The molecule has 1 amide bonds. The van der Waals surface area contributed by atoms with Crippen molar-refractivity contribution in [3.63, 3.8) is 0 Å². The van der Waals surface area contributed by atoms with Crippen molar-refractivity contribution in [2.24, 2.45) is 0 Å². The standard InChI is InChI=1S/C11H19NO4S/c13-7-9-3-4-10(14)12(9)5-1-2-6-17-8-11(15)16/h9,13H,1-8H2,(H,15,16). The second-order valence-electron chi connectivity index (χ2n) is 4.12. The number of amides is 1. The van der Waals surface area contributed by atoms with Crippen LogP contribution < -0.4 is 0 Å². The first kappa shape index (κ1) is 14.3. The van der Waals surface area contributed by atoms with Gasteiger partial charge in [0.1, 0.15) is 0 Å². The lowest BCUT2D eigenvalue weighted by Gasteiger charge is -2.22. The van der Waals surface area contributed by atoms with Crippen molar-refractivity contribution >= 4 is 23.6 Å². The average Bonchev–Trinajstić information content (AvgIpc) is 2.64. The third-order valence-corrected chi connectivity index (χ3v) is 3.85. The molecule has 1 heterocycles. The molecule has 2 N–H and O–H groups in total. The first-order chi connectivity index (χ1) is 8.15. The second kappa shape index (κ2) is 7.55. The van der Waals surface area contributed by atoms with Crippen molar-refractivity contribution in [3.8, 4) is 0 Å². The van der Waals surface area contributed by atoms with Gasteiger partial charge in [0.25, 0.3) is 0 Å². The zero-order valence-electron chi connectivity index (χ0n) is 9.80. The minimum atomic E-state index is -0.787. The molecule has 5 nitrogen and oxygen atoms in total. The van der Waals surface area contributed by atoms with E-state index in [9.17, 15) is 9.59 Å². The number of unbranched alkanes of at least 4 members (excludes halogenated alkanes) is 1. The molecule has 1 fully saturated rings. The topological polar surface area (TPSA) is 77.8 Å². The lowest BCUT2D eigenvalue weighted by Crippen LogP contribution is -2.36. The van der Waals surface area contributed by atoms with Crippen molar-refractivity contribution in [1.82, 2.24) is 4.90 Å². The Morgan fingerprint density at radius 3 is 2.88 bits per heavy atom. The first-order valence-electron chi connectivity index (χ1n) is 5.85. The molecule has 0 aromatic rings. The van der Waals surface area contributed by atoms with E-state index < -0.39 is 5.97 Å². The van der Waals surface area contributed by atoms with Crippen LogP contribution in [0.15, 0.2) is 0 Å². The molecule has 6 heteroatoms. The number of nitrogens with zero attached hydrogens (tertiary/aromatic N) is 1. The number of carbonyl (C=O) groups is 2. The number of aliphatic carboxylic acids is 1. The summed E-state index contributed by atoms with van der Waals surface area (Å²) in [5.74, 6) is 0.285. The van der Waals surface area contributed by atoms with Crippen LogP contribution in [0.5, 0.6) is 0 Å². The monoisotopic (exact) mass is 261 g/mol. The molecule has 0 spiro atoms. The molecular weight excluding hydrogens is 242 g/mol. The molecule has 0 saturated carbocycles. The third kappa shape index (κ3) is 4.95. The van der Waals surface area contributed by atoms with Gasteiger partial charge in [-0.2, -0.15) is 11.8 Å².